The number of likely N-dealkylation sites (N-methyl/N-ethyl adjacent to an activating group) is 1. The minimum atomic E-state index is -0.610. The van der Waals surface area contributed by atoms with E-state index >= 15 is 0 Å². The molecule has 1 aliphatic carbocycles. The van der Waals surface area contributed by atoms with Crippen LogP contribution >= 0.6 is 0 Å². The summed E-state index contributed by atoms with van der Waals surface area (Å²) in [5.41, 5.74) is 0.356. The average Bonchev–Trinajstić information content (AvgIpc) is 3.18. The molecule has 35 heavy (non-hydrogen) atoms. The smallest absolute Gasteiger partial charge is 0.307 e. The Morgan fingerprint density at radius 2 is 1.83 bits per heavy atom. The van der Waals surface area contributed by atoms with Crippen LogP contribution in [0.2, 0.25) is 0 Å². The van der Waals surface area contributed by atoms with Gasteiger partial charge in [0.15, 0.2) is 0 Å². The third kappa shape index (κ3) is 5.68. The number of hydrogen-bond donors (Lipinski definition) is 0. The second-order valence-electron chi connectivity index (χ2n) is 10.4. The number of benzene rings is 1. The maximum atomic E-state index is 13.5. The first-order chi connectivity index (χ1) is 16.8. The molecular formula is C27H37FN2O5. The van der Waals surface area contributed by atoms with E-state index in [4.69, 9.17) is 9.47 Å². The van der Waals surface area contributed by atoms with Crippen molar-refractivity contribution in [3.63, 3.8) is 0 Å². The van der Waals surface area contributed by atoms with E-state index in [1.54, 1.807) is 24.1 Å². The minimum absolute atomic E-state index is 0.00550. The number of amides is 2. The Morgan fingerprint density at radius 1 is 1.17 bits per heavy atom. The molecule has 0 N–H and O–H groups in total. The van der Waals surface area contributed by atoms with Crippen LogP contribution in [0.5, 0.6) is 0 Å². The molecule has 2 saturated heterocycles. The van der Waals surface area contributed by atoms with E-state index < -0.39 is 5.60 Å². The lowest BCUT2D eigenvalue weighted by molar-refractivity contribution is -0.156. The predicted molar refractivity (Wildman–Crippen MR) is 128 cm³/mol. The summed E-state index contributed by atoms with van der Waals surface area (Å²) in [6.07, 6.45) is 6.97. The van der Waals surface area contributed by atoms with Gasteiger partial charge >= 0.3 is 5.97 Å². The Bertz CT molecular complexity index is 907. The number of ether oxygens (including phenoxy) is 2. The molecule has 8 heteroatoms. The number of nitrogens with zero attached hydrogens (tertiary/aromatic N) is 2. The molecule has 3 aliphatic rings. The molecule has 2 atom stereocenters. The van der Waals surface area contributed by atoms with Crippen LogP contribution in [0.25, 0.3) is 0 Å². The molecule has 0 aromatic heterocycles. The largest absolute Gasteiger partial charge is 0.458 e. The second kappa shape index (κ2) is 11.1. The molecule has 7 nitrogen and oxygen atoms in total. The summed E-state index contributed by atoms with van der Waals surface area (Å²) < 4.78 is 24.2. The Kier molecular flexibility index (Phi) is 8.09. The highest BCUT2D eigenvalue weighted by atomic mass is 19.1. The molecule has 0 radical (unpaired) electrons. The van der Waals surface area contributed by atoms with Crippen molar-refractivity contribution in [2.24, 2.45) is 11.8 Å². The lowest BCUT2D eigenvalue weighted by Crippen LogP contribution is -2.52. The molecule has 2 aliphatic heterocycles. The van der Waals surface area contributed by atoms with Gasteiger partial charge in [-0.1, -0.05) is 18.6 Å². The fraction of sp³-hybridized carbons (Fsp3) is 0.667. The van der Waals surface area contributed by atoms with Gasteiger partial charge < -0.3 is 19.3 Å². The van der Waals surface area contributed by atoms with Crippen molar-refractivity contribution in [1.29, 1.82) is 0 Å². The first kappa shape index (κ1) is 25.6. The average molecular weight is 489 g/mol. The van der Waals surface area contributed by atoms with Gasteiger partial charge in [-0.2, -0.15) is 0 Å². The first-order valence-electron chi connectivity index (χ1n) is 12.8. The zero-order valence-corrected chi connectivity index (χ0v) is 20.8. The third-order valence-corrected chi connectivity index (χ3v) is 8.23. The molecule has 2 heterocycles. The van der Waals surface area contributed by atoms with Gasteiger partial charge in [0.2, 0.25) is 11.8 Å². The summed E-state index contributed by atoms with van der Waals surface area (Å²) in [5, 5.41) is 0. The van der Waals surface area contributed by atoms with Gasteiger partial charge in [-0.3, -0.25) is 14.4 Å². The number of piperidine rings is 1. The van der Waals surface area contributed by atoms with Crippen LogP contribution in [0.15, 0.2) is 24.3 Å². The normalized spacial score (nSPS) is 23.2. The van der Waals surface area contributed by atoms with E-state index in [1.165, 1.54) is 19.2 Å². The van der Waals surface area contributed by atoms with E-state index in [0.717, 1.165) is 50.5 Å². The van der Waals surface area contributed by atoms with E-state index in [9.17, 15) is 18.8 Å². The van der Waals surface area contributed by atoms with Crippen LogP contribution < -0.4 is 0 Å². The van der Waals surface area contributed by atoms with Crippen LogP contribution in [0, 0.1) is 17.7 Å². The quantitative estimate of drug-likeness (QED) is 0.551. The molecule has 3 fully saturated rings. The number of carbonyl (C=O) groups excluding carboxylic acids is 3. The topological polar surface area (TPSA) is 76.2 Å². The van der Waals surface area contributed by atoms with Crippen LogP contribution in [0.3, 0.4) is 0 Å². The fourth-order valence-electron chi connectivity index (χ4n) is 6.22. The number of hydrogen-bond acceptors (Lipinski definition) is 5. The highest BCUT2D eigenvalue weighted by molar-refractivity contribution is 5.88. The first-order valence-corrected chi connectivity index (χ1v) is 12.8. The minimum Gasteiger partial charge on any atom is -0.458 e. The van der Waals surface area contributed by atoms with Crippen LogP contribution in [-0.4, -0.2) is 73.1 Å². The number of halogens is 1. The number of methoxy groups -OCH3 is 1. The Hall–Kier alpha value is -2.48. The van der Waals surface area contributed by atoms with Gasteiger partial charge in [-0.05, 0) is 68.6 Å². The number of rotatable bonds is 7. The van der Waals surface area contributed by atoms with Gasteiger partial charge in [0.05, 0.1) is 12.3 Å². The number of esters is 1. The maximum absolute atomic E-state index is 13.5. The van der Waals surface area contributed by atoms with Gasteiger partial charge in [0.1, 0.15) is 18.0 Å². The van der Waals surface area contributed by atoms with E-state index in [1.807, 2.05) is 4.90 Å². The zero-order chi connectivity index (χ0) is 25.0. The Morgan fingerprint density at radius 3 is 2.46 bits per heavy atom. The van der Waals surface area contributed by atoms with Gasteiger partial charge in [0, 0.05) is 33.3 Å². The molecular weight excluding hydrogens is 451 g/mol. The molecule has 1 aromatic rings. The SMILES string of the molecule is COCC(=O)N(C)[C@@H](Cc1ccc(F)cc1)C1CCN(C(=O)[C@@H]2CC(=O)OC23CCCCC3)CC1. The van der Waals surface area contributed by atoms with E-state index in [2.05, 4.69) is 0 Å². The molecule has 192 valence electrons. The van der Waals surface area contributed by atoms with Crippen LogP contribution in [-0.2, 0) is 30.3 Å². The molecule has 1 spiro atoms. The van der Waals surface area contributed by atoms with Crippen molar-refractivity contribution in [3.05, 3.63) is 35.6 Å². The van der Waals surface area contributed by atoms with Gasteiger partial charge in [-0.15, -0.1) is 0 Å². The lowest BCUT2D eigenvalue weighted by atomic mass is 9.75. The summed E-state index contributed by atoms with van der Waals surface area (Å²) in [4.78, 5) is 42.0. The third-order valence-electron chi connectivity index (χ3n) is 8.23. The second-order valence-corrected chi connectivity index (χ2v) is 10.4. The molecule has 1 aromatic carbocycles. The Labute approximate surface area is 206 Å². The van der Waals surface area contributed by atoms with Gasteiger partial charge in [0.25, 0.3) is 0 Å². The van der Waals surface area contributed by atoms with Crippen molar-refractivity contribution < 1.29 is 28.2 Å². The summed E-state index contributed by atoms with van der Waals surface area (Å²) in [5.74, 6) is -0.786. The molecule has 0 unspecified atom stereocenters. The highest BCUT2D eigenvalue weighted by Gasteiger charge is 2.54. The van der Waals surface area contributed by atoms with Crippen LogP contribution in [0.1, 0.15) is 56.9 Å². The summed E-state index contributed by atoms with van der Waals surface area (Å²) in [6.45, 7) is 1.19. The fourth-order valence-corrected chi connectivity index (χ4v) is 6.22. The molecule has 0 bridgehead atoms. The Balaban J connectivity index is 1.43. The van der Waals surface area contributed by atoms with Gasteiger partial charge in [-0.25, -0.2) is 4.39 Å². The molecule has 1 saturated carbocycles. The monoisotopic (exact) mass is 488 g/mol. The van der Waals surface area contributed by atoms with E-state index in [0.29, 0.717) is 19.5 Å². The van der Waals surface area contributed by atoms with Crippen molar-refractivity contribution in [3.8, 4) is 0 Å². The zero-order valence-electron chi connectivity index (χ0n) is 20.8. The summed E-state index contributed by atoms with van der Waals surface area (Å²) >= 11 is 0. The summed E-state index contributed by atoms with van der Waals surface area (Å²) in [6, 6.07) is 6.32. The predicted octanol–water partition coefficient (Wildman–Crippen LogP) is 3.35. The standard InChI is InChI=1S/C27H37FN2O5/c1-29(24(31)18-34-2)23(16-19-6-8-21(28)9-7-19)20-10-14-30(15-11-20)26(33)22-17-25(32)35-27(22)12-4-3-5-13-27/h6-9,20,22-23H,3-5,10-18H2,1-2H3/t22-,23-/m0/s1. The number of carbonyl (C=O) groups is 3. The van der Waals surface area contributed by atoms with Crippen molar-refractivity contribution in [2.45, 2.75) is 69.4 Å². The van der Waals surface area contributed by atoms with Crippen molar-refractivity contribution in [2.75, 3.05) is 33.9 Å². The van der Waals surface area contributed by atoms with E-state index in [-0.39, 0.29) is 54.5 Å². The lowest BCUT2D eigenvalue weighted by Gasteiger charge is -2.42. The molecule has 4 rings (SSSR count). The number of likely N-dealkylation sites (tertiary alicyclic amines) is 1. The molecule has 2 amide bonds. The highest BCUT2D eigenvalue weighted by Crippen LogP contribution is 2.45. The maximum Gasteiger partial charge on any atom is 0.307 e. The van der Waals surface area contributed by atoms with Crippen molar-refractivity contribution in [1.82, 2.24) is 9.80 Å². The van der Waals surface area contributed by atoms with Crippen LogP contribution in [0.4, 0.5) is 4.39 Å². The summed E-state index contributed by atoms with van der Waals surface area (Å²) in [7, 11) is 3.29. The van der Waals surface area contributed by atoms with Crippen molar-refractivity contribution >= 4 is 17.8 Å².